The Kier molecular flexibility index (Phi) is 8.91. The summed E-state index contributed by atoms with van der Waals surface area (Å²) >= 11 is 0. The second-order valence-corrected chi connectivity index (χ2v) is 11.8. The lowest BCUT2D eigenvalue weighted by molar-refractivity contribution is -0.150. The number of ether oxygens (including phenoxy) is 2. The van der Waals surface area contributed by atoms with E-state index in [-0.39, 0.29) is 23.3 Å². The maximum atomic E-state index is 13.3. The molecule has 41 heavy (non-hydrogen) atoms. The Labute approximate surface area is 243 Å². The molecule has 0 fully saturated rings. The molecule has 1 N–H and O–H groups in total. The lowest BCUT2D eigenvalue weighted by Crippen LogP contribution is -2.27. The Morgan fingerprint density at radius 3 is 2.34 bits per heavy atom. The zero-order valence-electron chi connectivity index (χ0n) is 25.5. The van der Waals surface area contributed by atoms with Crippen LogP contribution < -0.4 is 10.1 Å². The molecule has 4 aromatic rings. The molecule has 1 amide bonds. The Balaban J connectivity index is 1.50. The molecule has 1 heterocycles. The minimum atomic E-state index is -0.663. The summed E-state index contributed by atoms with van der Waals surface area (Å²) in [6, 6.07) is 22.1. The number of carbonyl (C=O) groups excluding carboxylic acids is 2. The Bertz CT molecular complexity index is 1540. The Morgan fingerprint density at radius 2 is 1.68 bits per heavy atom. The van der Waals surface area contributed by atoms with Crippen molar-refractivity contribution in [3.63, 3.8) is 0 Å². The zero-order chi connectivity index (χ0) is 29.9. The second-order valence-electron chi connectivity index (χ2n) is 11.8. The molecule has 0 bridgehead atoms. The Morgan fingerprint density at radius 1 is 0.976 bits per heavy atom. The lowest BCUT2D eigenvalue weighted by atomic mass is 9.85. The standard InChI is InChI=1S/C35H42N2O4/c1-9-40-34(39)24(4)41-29-16-13-25(14-17-29)19-31-23(3)37(8)32-21-27(15-18-30(31)32)33(38)36-22(2)26-11-10-12-28(20-26)35(5,6)7/h10-18,20-22,24H,9,19H2,1-8H3,(H,36,38)/t22-,24?/m0/s1. The molecule has 1 unspecified atom stereocenters. The molecule has 0 aliphatic rings. The van der Waals surface area contributed by atoms with Crippen molar-refractivity contribution >= 4 is 22.8 Å². The number of nitrogens with zero attached hydrogens (tertiary/aromatic N) is 1. The molecule has 1 aromatic heterocycles. The van der Waals surface area contributed by atoms with E-state index >= 15 is 0 Å². The summed E-state index contributed by atoms with van der Waals surface area (Å²) in [7, 11) is 2.04. The van der Waals surface area contributed by atoms with Crippen LogP contribution in [-0.4, -0.2) is 29.2 Å². The van der Waals surface area contributed by atoms with Crippen molar-refractivity contribution in [1.29, 1.82) is 0 Å². The van der Waals surface area contributed by atoms with E-state index in [1.807, 2.05) is 50.4 Å². The average Bonchev–Trinajstić information content (AvgIpc) is 3.17. The topological polar surface area (TPSA) is 69.6 Å². The van der Waals surface area contributed by atoms with E-state index in [0.29, 0.717) is 17.9 Å². The summed E-state index contributed by atoms with van der Waals surface area (Å²) in [4.78, 5) is 25.1. The van der Waals surface area contributed by atoms with Crippen LogP contribution in [0.1, 0.15) is 85.9 Å². The van der Waals surface area contributed by atoms with Gasteiger partial charge in [-0.25, -0.2) is 4.79 Å². The SMILES string of the molecule is CCOC(=O)C(C)Oc1ccc(Cc2c(C)n(C)c3cc(C(=O)N[C@@H](C)c4cccc(C(C)(C)C)c4)ccc23)cc1. The van der Waals surface area contributed by atoms with Crippen LogP contribution in [0.15, 0.2) is 66.7 Å². The Hall–Kier alpha value is -4.06. The van der Waals surface area contributed by atoms with E-state index in [0.717, 1.165) is 34.1 Å². The number of hydrogen-bond donors (Lipinski definition) is 1. The number of aryl methyl sites for hydroxylation is 1. The van der Waals surface area contributed by atoms with E-state index in [1.54, 1.807) is 13.8 Å². The number of fused-ring (bicyclic) bond motifs is 1. The normalized spacial score (nSPS) is 13.1. The van der Waals surface area contributed by atoms with E-state index in [9.17, 15) is 9.59 Å². The van der Waals surface area contributed by atoms with E-state index < -0.39 is 6.10 Å². The number of aromatic nitrogens is 1. The monoisotopic (exact) mass is 554 g/mol. The minimum absolute atomic E-state index is 0.0470. The molecule has 4 rings (SSSR count). The van der Waals surface area contributed by atoms with Crippen molar-refractivity contribution < 1.29 is 19.1 Å². The predicted molar refractivity (Wildman–Crippen MR) is 165 cm³/mol. The van der Waals surface area contributed by atoms with Crippen molar-refractivity contribution in [2.24, 2.45) is 7.05 Å². The van der Waals surface area contributed by atoms with Gasteiger partial charge in [-0.2, -0.15) is 0 Å². The quantitative estimate of drug-likeness (QED) is 0.222. The number of carbonyl (C=O) groups is 2. The van der Waals surface area contributed by atoms with Crippen LogP contribution in [0.2, 0.25) is 0 Å². The first-order chi connectivity index (χ1) is 19.4. The van der Waals surface area contributed by atoms with Gasteiger partial charge < -0.3 is 19.4 Å². The third kappa shape index (κ3) is 6.82. The molecule has 3 aromatic carbocycles. The third-order valence-corrected chi connectivity index (χ3v) is 7.72. The summed E-state index contributed by atoms with van der Waals surface area (Å²) in [6.07, 6.45) is 0.0768. The average molecular weight is 555 g/mol. The maximum Gasteiger partial charge on any atom is 0.347 e. The highest BCUT2D eigenvalue weighted by molar-refractivity contribution is 5.99. The first-order valence-corrected chi connectivity index (χ1v) is 14.3. The number of benzene rings is 3. The second kappa shape index (κ2) is 12.2. The predicted octanol–water partition coefficient (Wildman–Crippen LogP) is 7.20. The first kappa shape index (κ1) is 29.9. The van der Waals surface area contributed by atoms with Crippen LogP contribution in [0, 0.1) is 6.92 Å². The number of esters is 1. The van der Waals surface area contributed by atoms with E-state index in [1.165, 1.54) is 11.1 Å². The molecule has 2 atom stereocenters. The number of amides is 1. The molecule has 6 nitrogen and oxygen atoms in total. The fourth-order valence-corrected chi connectivity index (χ4v) is 5.05. The summed E-state index contributed by atoms with van der Waals surface area (Å²) in [5.41, 5.74) is 7.55. The minimum Gasteiger partial charge on any atom is -0.479 e. The molecule has 0 saturated carbocycles. The molecule has 6 heteroatoms. The highest BCUT2D eigenvalue weighted by atomic mass is 16.6. The number of nitrogens with one attached hydrogen (secondary N) is 1. The van der Waals surface area contributed by atoms with Gasteiger partial charge in [-0.15, -0.1) is 0 Å². The van der Waals surface area contributed by atoms with Crippen molar-refractivity contribution in [3.8, 4) is 5.75 Å². The van der Waals surface area contributed by atoms with Gasteiger partial charge in [0.05, 0.1) is 12.6 Å². The van der Waals surface area contributed by atoms with Gasteiger partial charge in [-0.1, -0.05) is 63.2 Å². The van der Waals surface area contributed by atoms with Gasteiger partial charge in [0, 0.05) is 29.2 Å². The molecule has 0 saturated heterocycles. The fraction of sp³-hybridized carbons (Fsp3) is 0.371. The zero-order valence-corrected chi connectivity index (χ0v) is 25.5. The van der Waals surface area contributed by atoms with Crippen LogP contribution in [0.5, 0.6) is 5.75 Å². The molecular weight excluding hydrogens is 512 g/mol. The van der Waals surface area contributed by atoms with Crippen LogP contribution in [0.3, 0.4) is 0 Å². The molecule has 0 radical (unpaired) electrons. The lowest BCUT2D eigenvalue weighted by Gasteiger charge is -2.22. The van der Waals surface area contributed by atoms with Gasteiger partial charge in [-0.3, -0.25) is 4.79 Å². The van der Waals surface area contributed by atoms with Crippen molar-refractivity contribution in [2.75, 3.05) is 6.61 Å². The molecule has 0 aliphatic heterocycles. The van der Waals surface area contributed by atoms with Crippen LogP contribution >= 0.6 is 0 Å². The van der Waals surface area contributed by atoms with Gasteiger partial charge in [0.25, 0.3) is 5.91 Å². The van der Waals surface area contributed by atoms with Gasteiger partial charge in [0.1, 0.15) is 5.75 Å². The molecule has 216 valence electrons. The van der Waals surface area contributed by atoms with Crippen LogP contribution in [0.25, 0.3) is 10.9 Å². The van der Waals surface area contributed by atoms with Gasteiger partial charge in [-0.05, 0) is 86.1 Å². The van der Waals surface area contributed by atoms with Crippen molar-refractivity contribution in [2.45, 2.75) is 72.4 Å². The summed E-state index contributed by atoms with van der Waals surface area (Å²) in [5, 5.41) is 4.31. The molecular formula is C35H42N2O4. The number of hydrogen-bond acceptors (Lipinski definition) is 4. The smallest absolute Gasteiger partial charge is 0.347 e. The van der Waals surface area contributed by atoms with E-state index in [2.05, 4.69) is 67.9 Å². The van der Waals surface area contributed by atoms with Gasteiger partial charge in [0.15, 0.2) is 6.10 Å². The van der Waals surface area contributed by atoms with Crippen molar-refractivity contribution in [1.82, 2.24) is 9.88 Å². The third-order valence-electron chi connectivity index (χ3n) is 7.72. The molecule has 0 spiro atoms. The van der Waals surface area contributed by atoms with Gasteiger partial charge in [0.2, 0.25) is 0 Å². The van der Waals surface area contributed by atoms with Crippen LogP contribution in [0.4, 0.5) is 0 Å². The van der Waals surface area contributed by atoms with Crippen molar-refractivity contribution in [3.05, 3.63) is 100 Å². The summed E-state index contributed by atoms with van der Waals surface area (Å²) in [6.45, 7) is 14.5. The highest BCUT2D eigenvalue weighted by Crippen LogP contribution is 2.30. The van der Waals surface area contributed by atoms with Crippen LogP contribution in [-0.2, 0) is 28.4 Å². The van der Waals surface area contributed by atoms with E-state index in [4.69, 9.17) is 9.47 Å². The largest absolute Gasteiger partial charge is 0.479 e. The maximum absolute atomic E-state index is 13.3. The number of rotatable bonds is 9. The fourth-order valence-electron chi connectivity index (χ4n) is 5.05. The van der Waals surface area contributed by atoms with Gasteiger partial charge >= 0.3 is 5.97 Å². The first-order valence-electron chi connectivity index (χ1n) is 14.3. The molecule has 0 aliphatic carbocycles. The highest BCUT2D eigenvalue weighted by Gasteiger charge is 2.19. The summed E-state index contributed by atoms with van der Waals surface area (Å²) in [5.74, 6) is 0.160. The summed E-state index contributed by atoms with van der Waals surface area (Å²) < 4.78 is 12.9.